The zero-order chi connectivity index (χ0) is 79.5. The number of rotatable bonds is 18. The number of carboxylic acid groups (broad SMARTS) is 1. The first-order chi connectivity index (χ1) is 51.0. The van der Waals surface area contributed by atoms with Crippen LogP contribution in [-0.2, 0) is 19.0 Å². The third kappa shape index (κ3) is 28.3. The molecule has 3 aromatic carbocycles. The second-order valence-corrected chi connectivity index (χ2v) is 26.0. The zero-order valence-electron chi connectivity index (χ0n) is 58.1. The van der Waals surface area contributed by atoms with Gasteiger partial charge in [0.15, 0.2) is 0 Å². The smallest absolute Gasteiger partial charge is 0.342 e. The highest BCUT2D eigenvalue weighted by molar-refractivity contribution is 6.68. The molecular formula is C67H72Cl6N22O13. The maximum atomic E-state index is 12.3. The van der Waals surface area contributed by atoms with E-state index in [1.54, 1.807) is 4.98 Å². The predicted molar refractivity (Wildman–Crippen MR) is 405 cm³/mol. The molecule has 9 aromatic rings. The summed E-state index contributed by atoms with van der Waals surface area (Å²) >= 11 is 32.5. The topological polar surface area (TPSA) is 552 Å². The number of amides is 4. The van der Waals surface area contributed by atoms with Crippen molar-refractivity contribution in [2.45, 2.75) is 84.5 Å². The number of aryl methyl sites for hydroxylation is 3. The molecular weight excluding hydrogens is 1530 g/mol. The lowest BCUT2D eigenvalue weighted by Gasteiger charge is -2.32. The summed E-state index contributed by atoms with van der Waals surface area (Å²) in [5.74, 6) is -2.54. The van der Waals surface area contributed by atoms with E-state index in [2.05, 4.69) is 76.4 Å². The number of carbonyl (C=O) groups excluding carboxylic acids is 6. The minimum atomic E-state index is -1.37. The number of hydrogen-bond acceptors (Lipinski definition) is 28. The number of nitrogens with one attached hydrogen (secondary N) is 7. The summed E-state index contributed by atoms with van der Waals surface area (Å²) in [5, 5.41) is 23.3. The van der Waals surface area contributed by atoms with Crippen LogP contribution in [0.25, 0.3) is 0 Å². The first-order valence-corrected chi connectivity index (χ1v) is 34.0. The molecule has 570 valence electrons. The van der Waals surface area contributed by atoms with Crippen molar-refractivity contribution in [1.82, 2.24) is 59.8 Å². The molecule has 6 aromatic heterocycles. The van der Waals surface area contributed by atoms with Gasteiger partial charge in [-0.15, -0.1) is 0 Å². The van der Waals surface area contributed by atoms with Crippen LogP contribution in [0.4, 0.5) is 46.4 Å². The Bertz CT molecular complexity index is 4710. The summed E-state index contributed by atoms with van der Waals surface area (Å²) < 4.78 is 16.4. The van der Waals surface area contributed by atoms with Crippen molar-refractivity contribution in [2.75, 3.05) is 53.0 Å². The van der Waals surface area contributed by atoms with Crippen LogP contribution >= 0.6 is 69.6 Å². The number of hydrogen-bond donors (Lipinski definition) is 13. The number of H-pyrrole nitrogens is 2. The summed E-state index contributed by atoms with van der Waals surface area (Å²) in [6, 6.07) is 22.9. The number of carboxylic acids is 1. The highest BCUT2D eigenvalue weighted by Gasteiger charge is 2.31. The standard InChI is InChI=1S/C23H31N5O4.C17H22N6O2.C12H11ClN4O.C5HCl3N2O.C5H3Cl2N3O.C5H4N2O4/c1-14-5-7-16(8-6-14)26-21-17(20(24)30)12-25-22(28-21)27-18-9-10-31-13-15(18)11-19(29)32-23(2,3)4;1-10-2-4-11(5-3-10)21-16-12(15(19)24)8-20-17(23-16)22-14-6-7-25-9-13(14)18;1-7-2-4-8(5-3-7)16-11-9(10(14)18)6-15-12(13)17-11;6-3-2(4(7)11)1-9-5(8)10-3;6-3-2(4(8)11)1-9-5(7)10-3;8-3-2(4(9)10)1-6-5(11)7-3/h5-8,12,15,18H,9-11,13H2,1-4H3,(H2,24,30)(H2,25,26,27,28);2-5,8,13-14H,6-7,9,18H2,1H3,(H2,19,24)(H2,20,21,22,23);2-6H,1H3,(H2,14,18)(H,15,16,17);1H;1H,(H2,8,11);1H,(H,9,10)(H2,6,7,8,11)/t15-,18+;13-,14+;;;;/m00..../s1. The summed E-state index contributed by atoms with van der Waals surface area (Å²) in [4.78, 5) is 142. The molecule has 2 aliphatic heterocycles. The third-order valence-electron chi connectivity index (χ3n) is 14.4. The Morgan fingerprint density at radius 3 is 1.31 bits per heavy atom. The predicted octanol–water partition coefficient (Wildman–Crippen LogP) is 8.42. The Labute approximate surface area is 645 Å². The number of aromatic amines is 2. The molecule has 2 fully saturated rings. The van der Waals surface area contributed by atoms with Crippen molar-refractivity contribution >= 4 is 157 Å². The molecule has 18 N–H and O–H groups in total. The molecule has 108 heavy (non-hydrogen) atoms. The molecule has 41 heteroatoms. The van der Waals surface area contributed by atoms with Crippen LogP contribution in [0, 0.1) is 26.7 Å². The van der Waals surface area contributed by atoms with E-state index in [-0.39, 0.29) is 90.4 Å². The lowest BCUT2D eigenvalue weighted by atomic mass is 9.92. The van der Waals surface area contributed by atoms with Crippen molar-refractivity contribution < 1.29 is 52.9 Å². The van der Waals surface area contributed by atoms with Gasteiger partial charge in [-0.25, -0.2) is 44.5 Å². The van der Waals surface area contributed by atoms with Crippen molar-refractivity contribution in [1.29, 1.82) is 0 Å². The van der Waals surface area contributed by atoms with Gasteiger partial charge in [0.05, 0.1) is 30.8 Å². The first kappa shape index (κ1) is 85.8. The third-order valence-corrected chi connectivity index (χ3v) is 15.7. The van der Waals surface area contributed by atoms with E-state index in [4.69, 9.17) is 118 Å². The fourth-order valence-electron chi connectivity index (χ4n) is 9.01. The van der Waals surface area contributed by atoms with E-state index >= 15 is 0 Å². The van der Waals surface area contributed by atoms with Crippen molar-refractivity contribution in [3.8, 4) is 0 Å². The van der Waals surface area contributed by atoms with Crippen LogP contribution in [0.1, 0.15) is 119 Å². The van der Waals surface area contributed by atoms with Gasteiger partial charge >= 0.3 is 17.6 Å². The van der Waals surface area contributed by atoms with Crippen LogP contribution in [0.5, 0.6) is 0 Å². The monoisotopic (exact) mass is 1600 g/mol. The highest BCUT2D eigenvalue weighted by Crippen LogP contribution is 2.28. The van der Waals surface area contributed by atoms with E-state index in [9.17, 15) is 43.2 Å². The highest BCUT2D eigenvalue weighted by atomic mass is 35.5. The Morgan fingerprint density at radius 1 is 0.537 bits per heavy atom. The van der Waals surface area contributed by atoms with Crippen LogP contribution in [0.3, 0.4) is 0 Å². The molecule has 4 atom stereocenters. The number of carbonyl (C=O) groups is 7. The van der Waals surface area contributed by atoms with E-state index in [1.807, 2.05) is 119 Å². The molecule has 35 nitrogen and oxygen atoms in total. The molecule has 0 radical (unpaired) electrons. The molecule has 8 heterocycles. The second-order valence-electron chi connectivity index (χ2n) is 23.9. The largest absolute Gasteiger partial charge is 0.477 e. The van der Waals surface area contributed by atoms with Gasteiger partial charge in [-0.3, -0.25) is 38.5 Å². The van der Waals surface area contributed by atoms with Gasteiger partial charge in [-0.2, -0.15) is 15.0 Å². The van der Waals surface area contributed by atoms with E-state index < -0.39 is 57.3 Å². The molecule has 0 bridgehead atoms. The quantitative estimate of drug-likeness (QED) is 0.0166. The fraction of sp³-hybridized carbons (Fsp3) is 0.269. The maximum absolute atomic E-state index is 12.3. The Morgan fingerprint density at radius 2 is 0.917 bits per heavy atom. The average molecular weight is 1610 g/mol. The minimum absolute atomic E-state index is 0.0139. The Kier molecular flexibility index (Phi) is 32.6. The zero-order valence-corrected chi connectivity index (χ0v) is 62.7. The molecule has 4 amide bonds. The molecule has 0 saturated carbocycles. The van der Waals surface area contributed by atoms with Crippen molar-refractivity contribution in [3.63, 3.8) is 0 Å². The number of aromatic nitrogens is 12. The van der Waals surface area contributed by atoms with Crippen LogP contribution < -0.4 is 66.5 Å². The SMILES string of the molecule is Cc1ccc(Nc2nc(Cl)ncc2C(N)=O)cc1.Cc1ccc(Nc2nc(N[C@@H]3CCOC[C@@H]3CC(=O)OC(C)(C)C)ncc2C(N)=O)cc1.Cc1ccc(Nc2nc(N[C@@H]3CCOC[C@@H]3N)ncc2C(N)=O)cc1.NC(=O)c1cnc(Cl)nc1Cl.O=C(Cl)c1cnc(Cl)nc1Cl.O=C(O)c1c[nH]c(=O)[nH]c1=O. The van der Waals surface area contributed by atoms with Gasteiger partial charge in [0, 0.05) is 91.5 Å². The number of halogens is 6. The van der Waals surface area contributed by atoms with Crippen LogP contribution in [0.15, 0.2) is 120 Å². The molecule has 2 aliphatic rings. The number of benzene rings is 3. The van der Waals surface area contributed by atoms with Gasteiger partial charge < -0.3 is 79.6 Å². The number of anilines is 8. The number of ether oxygens (including phenoxy) is 3. The number of aromatic carboxylic acids is 1. The van der Waals surface area contributed by atoms with Crippen LogP contribution in [-0.4, -0.2) is 156 Å². The maximum Gasteiger partial charge on any atom is 0.342 e. The summed E-state index contributed by atoms with van der Waals surface area (Å²) in [6.45, 7) is 13.6. The molecule has 11 rings (SSSR count). The van der Waals surface area contributed by atoms with Crippen molar-refractivity contribution in [2.24, 2.45) is 34.6 Å². The van der Waals surface area contributed by atoms with Gasteiger partial charge in [0.1, 0.15) is 55.6 Å². The van der Waals surface area contributed by atoms with E-state index in [0.717, 1.165) is 46.4 Å². The molecule has 0 unspecified atom stereocenters. The van der Waals surface area contributed by atoms with E-state index in [1.165, 1.54) is 31.0 Å². The fourth-order valence-corrected chi connectivity index (χ4v) is 10.1. The molecule has 0 spiro atoms. The van der Waals surface area contributed by atoms with Gasteiger partial charge in [-0.1, -0.05) is 76.3 Å². The van der Waals surface area contributed by atoms with Gasteiger partial charge in [-0.05, 0) is 137 Å². The van der Waals surface area contributed by atoms with Crippen molar-refractivity contribution in [3.05, 3.63) is 207 Å². The molecule has 2 saturated heterocycles. The van der Waals surface area contributed by atoms with Gasteiger partial charge in [0.25, 0.3) is 34.4 Å². The number of primary amides is 4. The Balaban J connectivity index is 0.000000214. The average Bonchev–Trinajstić information content (AvgIpc) is 0.824. The lowest BCUT2D eigenvalue weighted by molar-refractivity contribution is -0.157. The molecule has 0 aliphatic carbocycles. The number of esters is 1. The Hall–Kier alpha value is -11.2. The summed E-state index contributed by atoms with van der Waals surface area (Å²) in [6.07, 6.45) is 9.00. The summed E-state index contributed by atoms with van der Waals surface area (Å²) in [7, 11) is 0. The van der Waals surface area contributed by atoms with Crippen LogP contribution in [0.2, 0.25) is 26.2 Å². The second kappa shape index (κ2) is 41.1. The lowest BCUT2D eigenvalue weighted by Crippen LogP contribution is -2.47. The summed E-state index contributed by atoms with van der Waals surface area (Å²) in [5.41, 5.74) is 31.0. The first-order valence-electron chi connectivity index (χ1n) is 31.8. The van der Waals surface area contributed by atoms with E-state index in [0.29, 0.717) is 62.2 Å². The van der Waals surface area contributed by atoms with Gasteiger partial charge in [0.2, 0.25) is 27.7 Å². The number of nitrogens with two attached hydrogens (primary N) is 5. The minimum Gasteiger partial charge on any atom is -0.477 e. The normalized spacial score (nSPS) is 14.8. The number of nitrogens with zero attached hydrogens (tertiary/aromatic N) is 10.